The molecule has 2 atom stereocenters. The highest BCUT2D eigenvalue weighted by atomic mass is 16.5. The SMILES string of the molecule is C=CCCCC(NN)C(C)(CC)N1CCOCC1. The molecule has 4 nitrogen and oxygen atoms in total. The summed E-state index contributed by atoms with van der Waals surface area (Å²) in [6.07, 6.45) is 6.35. The fourth-order valence-corrected chi connectivity index (χ4v) is 2.80. The average Bonchev–Trinajstić information content (AvgIpc) is 2.44. The van der Waals surface area contributed by atoms with Crippen LogP contribution in [0.2, 0.25) is 0 Å². The number of nitrogens with zero attached hydrogens (tertiary/aromatic N) is 1. The molecule has 0 bridgehead atoms. The van der Waals surface area contributed by atoms with Crippen LogP contribution in [0.25, 0.3) is 0 Å². The summed E-state index contributed by atoms with van der Waals surface area (Å²) in [7, 11) is 0. The maximum atomic E-state index is 5.79. The van der Waals surface area contributed by atoms with Crippen molar-refractivity contribution in [3.8, 4) is 0 Å². The molecule has 1 heterocycles. The number of morpholine rings is 1. The van der Waals surface area contributed by atoms with Gasteiger partial charge in [0.2, 0.25) is 0 Å². The zero-order chi connectivity index (χ0) is 13.4. The summed E-state index contributed by atoms with van der Waals surface area (Å²) in [5.74, 6) is 5.79. The van der Waals surface area contributed by atoms with Crippen LogP contribution in [0.3, 0.4) is 0 Å². The fraction of sp³-hybridized carbons (Fsp3) is 0.857. The Kier molecular flexibility index (Phi) is 6.86. The van der Waals surface area contributed by atoms with Crippen LogP contribution in [0.15, 0.2) is 12.7 Å². The van der Waals surface area contributed by atoms with Crippen LogP contribution in [0.4, 0.5) is 0 Å². The summed E-state index contributed by atoms with van der Waals surface area (Å²) in [6.45, 7) is 12.0. The maximum Gasteiger partial charge on any atom is 0.0594 e. The predicted molar refractivity (Wildman–Crippen MR) is 76.2 cm³/mol. The molecule has 1 saturated heterocycles. The Morgan fingerprint density at radius 2 is 2.17 bits per heavy atom. The third-order valence-electron chi connectivity index (χ3n) is 4.30. The molecular formula is C14H29N3O. The Balaban J connectivity index is 2.65. The van der Waals surface area contributed by atoms with E-state index >= 15 is 0 Å². The minimum Gasteiger partial charge on any atom is -0.379 e. The van der Waals surface area contributed by atoms with Crippen molar-refractivity contribution < 1.29 is 4.74 Å². The van der Waals surface area contributed by atoms with Crippen LogP contribution < -0.4 is 11.3 Å². The van der Waals surface area contributed by atoms with Crippen molar-refractivity contribution in [2.75, 3.05) is 26.3 Å². The summed E-state index contributed by atoms with van der Waals surface area (Å²) >= 11 is 0. The second-order valence-corrected chi connectivity index (χ2v) is 5.25. The van der Waals surface area contributed by atoms with Gasteiger partial charge in [-0.25, -0.2) is 0 Å². The van der Waals surface area contributed by atoms with Crippen molar-refractivity contribution in [3.05, 3.63) is 12.7 Å². The zero-order valence-electron chi connectivity index (χ0n) is 12.0. The Hall–Kier alpha value is -0.420. The number of allylic oxidation sites excluding steroid dienone is 1. The second-order valence-electron chi connectivity index (χ2n) is 5.25. The number of rotatable bonds is 8. The fourth-order valence-electron chi connectivity index (χ4n) is 2.80. The van der Waals surface area contributed by atoms with E-state index in [0.29, 0.717) is 6.04 Å². The molecule has 0 aromatic rings. The predicted octanol–water partition coefficient (Wildman–Crippen LogP) is 1.68. The van der Waals surface area contributed by atoms with E-state index in [1.165, 1.54) is 0 Å². The van der Waals surface area contributed by atoms with Gasteiger partial charge in [0.15, 0.2) is 0 Å². The van der Waals surface area contributed by atoms with Gasteiger partial charge in [-0.1, -0.05) is 13.0 Å². The number of hydrogen-bond donors (Lipinski definition) is 2. The minimum atomic E-state index is 0.111. The van der Waals surface area contributed by atoms with Crippen molar-refractivity contribution in [2.45, 2.75) is 51.1 Å². The first kappa shape index (κ1) is 15.6. The number of unbranched alkanes of at least 4 members (excludes halogenated alkanes) is 1. The van der Waals surface area contributed by atoms with E-state index in [9.17, 15) is 0 Å². The van der Waals surface area contributed by atoms with Crippen molar-refractivity contribution in [3.63, 3.8) is 0 Å². The highest BCUT2D eigenvalue weighted by molar-refractivity contribution is 4.96. The van der Waals surface area contributed by atoms with Crippen LogP contribution in [0.5, 0.6) is 0 Å². The summed E-state index contributed by atoms with van der Waals surface area (Å²) in [5.41, 5.74) is 3.14. The lowest BCUT2D eigenvalue weighted by molar-refractivity contribution is -0.0336. The minimum absolute atomic E-state index is 0.111. The number of nitrogens with one attached hydrogen (secondary N) is 1. The van der Waals surface area contributed by atoms with Crippen molar-refractivity contribution >= 4 is 0 Å². The van der Waals surface area contributed by atoms with Gasteiger partial charge in [-0.2, -0.15) is 0 Å². The molecule has 1 rings (SSSR count). The van der Waals surface area contributed by atoms with Crippen LogP contribution >= 0.6 is 0 Å². The highest BCUT2D eigenvalue weighted by Crippen LogP contribution is 2.27. The molecule has 0 spiro atoms. The molecule has 0 saturated carbocycles. The molecular weight excluding hydrogens is 226 g/mol. The van der Waals surface area contributed by atoms with Crippen LogP contribution in [0.1, 0.15) is 39.5 Å². The van der Waals surface area contributed by atoms with Crippen molar-refractivity contribution in [1.82, 2.24) is 10.3 Å². The van der Waals surface area contributed by atoms with Crippen LogP contribution in [-0.2, 0) is 4.74 Å². The average molecular weight is 255 g/mol. The topological polar surface area (TPSA) is 50.5 Å². The molecule has 0 amide bonds. The zero-order valence-corrected chi connectivity index (χ0v) is 12.0. The van der Waals surface area contributed by atoms with Gasteiger partial charge >= 0.3 is 0 Å². The third kappa shape index (κ3) is 3.79. The quantitative estimate of drug-likeness (QED) is 0.300. The van der Waals surface area contributed by atoms with E-state index < -0.39 is 0 Å². The Bertz CT molecular complexity index is 241. The Morgan fingerprint density at radius 1 is 1.50 bits per heavy atom. The van der Waals surface area contributed by atoms with Crippen molar-refractivity contribution in [1.29, 1.82) is 0 Å². The maximum absolute atomic E-state index is 5.79. The van der Waals surface area contributed by atoms with Gasteiger partial charge in [0, 0.05) is 24.7 Å². The molecule has 1 aliphatic rings. The number of hydrazine groups is 1. The van der Waals surface area contributed by atoms with E-state index in [4.69, 9.17) is 10.6 Å². The molecule has 4 heteroatoms. The first-order chi connectivity index (χ1) is 8.69. The molecule has 0 aliphatic carbocycles. The molecule has 1 fully saturated rings. The van der Waals surface area contributed by atoms with Gasteiger partial charge in [-0.15, -0.1) is 6.58 Å². The van der Waals surface area contributed by atoms with Gasteiger partial charge in [0.25, 0.3) is 0 Å². The smallest absolute Gasteiger partial charge is 0.0594 e. The molecule has 0 aromatic carbocycles. The van der Waals surface area contributed by atoms with Gasteiger partial charge in [-0.3, -0.25) is 16.2 Å². The van der Waals surface area contributed by atoms with E-state index in [1.807, 2.05) is 6.08 Å². The summed E-state index contributed by atoms with van der Waals surface area (Å²) in [6, 6.07) is 0.320. The van der Waals surface area contributed by atoms with E-state index in [2.05, 4.69) is 30.8 Å². The molecule has 0 aromatic heterocycles. The molecule has 2 unspecified atom stereocenters. The van der Waals surface area contributed by atoms with Gasteiger partial charge in [-0.05, 0) is 32.6 Å². The van der Waals surface area contributed by atoms with Crippen LogP contribution in [0, 0.1) is 0 Å². The van der Waals surface area contributed by atoms with Gasteiger partial charge in [0.1, 0.15) is 0 Å². The van der Waals surface area contributed by atoms with E-state index in [1.54, 1.807) is 0 Å². The summed E-state index contributed by atoms with van der Waals surface area (Å²) in [4.78, 5) is 2.52. The lowest BCUT2D eigenvalue weighted by atomic mass is 9.84. The van der Waals surface area contributed by atoms with E-state index in [0.717, 1.165) is 52.0 Å². The Morgan fingerprint density at radius 3 is 2.67 bits per heavy atom. The molecule has 1 aliphatic heterocycles. The molecule has 18 heavy (non-hydrogen) atoms. The first-order valence-corrected chi connectivity index (χ1v) is 7.08. The summed E-state index contributed by atoms with van der Waals surface area (Å²) in [5, 5.41) is 0. The molecule has 0 radical (unpaired) electrons. The monoisotopic (exact) mass is 255 g/mol. The highest BCUT2D eigenvalue weighted by Gasteiger charge is 2.37. The lowest BCUT2D eigenvalue weighted by Gasteiger charge is -2.47. The lowest BCUT2D eigenvalue weighted by Crippen LogP contribution is -2.63. The largest absolute Gasteiger partial charge is 0.379 e. The third-order valence-corrected chi connectivity index (χ3v) is 4.30. The normalized spacial score (nSPS) is 22.4. The van der Waals surface area contributed by atoms with Gasteiger partial charge < -0.3 is 4.74 Å². The Labute approximate surface area is 112 Å². The standard InChI is InChI=1S/C14H29N3O/c1-4-6-7-8-13(16-15)14(3,5-2)17-9-11-18-12-10-17/h4,13,16H,1,5-12,15H2,2-3H3. The van der Waals surface area contributed by atoms with Crippen LogP contribution in [-0.4, -0.2) is 42.8 Å². The van der Waals surface area contributed by atoms with Crippen molar-refractivity contribution in [2.24, 2.45) is 5.84 Å². The summed E-state index contributed by atoms with van der Waals surface area (Å²) < 4.78 is 5.44. The van der Waals surface area contributed by atoms with E-state index in [-0.39, 0.29) is 5.54 Å². The number of hydrogen-bond acceptors (Lipinski definition) is 4. The van der Waals surface area contributed by atoms with Gasteiger partial charge in [0.05, 0.1) is 13.2 Å². The molecule has 3 N–H and O–H groups in total. The second kappa shape index (κ2) is 7.89. The first-order valence-electron chi connectivity index (χ1n) is 7.08. The number of ether oxygens (including phenoxy) is 1. The number of nitrogens with two attached hydrogens (primary N) is 1. The molecule has 106 valence electrons.